The standard InChI is InChI=1S/C26H22O5/c1-3-22(27)30-25-18-13-8-9-14-19(18)26(31-23(28)4-2)24-20(25)15-10-16-21(24)29-17-11-6-5-7-12-17/h5-16H,3-4H2,1-2H3. The Balaban J connectivity index is 2.06. The molecule has 0 aliphatic heterocycles. The van der Waals surface area contributed by atoms with Crippen molar-refractivity contribution in [3.05, 3.63) is 72.8 Å². The van der Waals surface area contributed by atoms with Crippen molar-refractivity contribution in [1.29, 1.82) is 0 Å². The predicted octanol–water partition coefficient (Wildman–Crippen LogP) is 6.42. The van der Waals surface area contributed by atoms with Gasteiger partial charge in [0.15, 0.2) is 5.75 Å². The van der Waals surface area contributed by atoms with Crippen molar-refractivity contribution in [2.24, 2.45) is 0 Å². The Hall–Kier alpha value is -3.86. The van der Waals surface area contributed by atoms with E-state index in [4.69, 9.17) is 14.2 Å². The Morgan fingerprint density at radius 2 is 1.19 bits per heavy atom. The number of carbonyl (C=O) groups excluding carboxylic acids is 2. The molecule has 0 aliphatic carbocycles. The van der Waals surface area contributed by atoms with Gasteiger partial charge in [-0.3, -0.25) is 9.59 Å². The highest BCUT2D eigenvalue weighted by Crippen LogP contribution is 2.47. The Bertz CT molecular complexity index is 1260. The first-order valence-electron chi connectivity index (χ1n) is 10.2. The molecule has 0 aromatic heterocycles. The lowest BCUT2D eigenvalue weighted by Crippen LogP contribution is -2.09. The average molecular weight is 414 g/mol. The summed E-state index contributed by atoms with van der Waals surface area (Å²) < 4.78 is 17.7. The largest absolute Gasteiger partial charge is 0.457 e. The monoisotopic (exact) mass is 414 g/mol. The molecule has 156 valence electrons. The van der Waals surface area contributed by atoms with Crippen molar-refractivity contribution in [3.8, 4) is 23.0 Å². The molecule has 0 spiro atoms. The molecule has 4 aromatic rings. The van der Waals surface area contributed by atoms with Crippen LogP contribution in [0.2, 0.25) is 0 Å². The summed E-state index contributed by atoms with van der Waals surface area (Å²) >= 11 is 0. The van der Waals surface area contributed by atoms with Crippen LogP contribution in [0.4, 0.5) is 0 Å². The van der Waals surface area contributed by atoms with Crippen molar-refractivity contribution in [2.45, 2.75) is 26.7 Å². The van der Waals surface area contributed by atoms with Crippen molar-refractivity contribution in [2.75, 3.05) is 0 Å². The molecule has 4 rings (SSSR count). The molecule has 0 aliphatic rings. The molecule has 0 atom stereocenters. The van der Waals surface area contributed by atoms with Gasteiger partial charge in [-0.2, -0.15) is 0 Å². The van der Waals surface area contributed by atoms with Crippen molar-refractivity contribution >= 4 is 33.5 Å². The third-order valence-electron chi connectivity index (χ3n) is 4.89. The molecular formula is C26H22O5. The number of esters is 2. The van der Waals surface area contributed by atoms with Gasteiger partial charge in [0.25, 0.3) is 0 Å². The molecule has 5 nitrogen and oxygen atoms in total. The number of benzene rings is 4. The summed E-state index contributed by atoms with van der Waals surface area (Å²) in [5, 5.41) is 2.56. The molecule has 0 saturated heterocycles. The number of rotatable bonds is 6. The van der Waals surface area contributed by atoms with Gasteiger partial charge in [0.2, 0.25) is 0 Å². The van der Waals surface area contributed by atoms with Crippen LogP contribution in [-0.4, -0.2) is 11.9 Å². The zero-order chi connectivity index (χ0) is 21.8. The van der Waals surface area contributed by atoms with Gasteiger partial charge in [-0.1, -0.05) is 68.4 Å². The fraction of sp³-hybridized carbons (Fsp3) is 0.154. The maximum atomic E-state index is 12.3. The number of fused-ring (bicyclic) bond motifs is 2. The van der Waals surface area contributed by atoms with Crippen molar-refractivity contribution in [3.63, 3.8) is 0 Å². The van der Waals surface area contributed by atoms with E-state index in [-0.39, 0.29) is 24.8 Å². The van der Waals surface area contributed by atoms with Gasteiger partial charge >= 0.3 is 11.9 Å². The summed E-state index contributed by atoms with van der Waals surface area (Å²) in [4.78, 5) is 24.5. The lowest BCUT2D eigenvalue weighted by atomic mass is 9.99. The fourth-order valence-electron chi connectivity index (χ4n) is 3.40. The highest BCUT2D eigenvalue weighted by atomic mass is 16.5. The molecule has 31 heavy (non-hydrogen) atoms. The van der Waals surface area contributed by atoms with Gasteiger partial charge in [-0.15, -0.1) is 0 Å². The third kappa shape index (κ3) is 4.08. The summed E-state index contributed by atoms with van der Waals surface area (Å²) in [7, 11) is 0. The molecule has 0 N–H and O–H groups in total. The highest BCUT2D eigenvalue weighted by molar-refractivity contribution is 6.14. The van der Waals surface area contributed by atoms with E-state index in [0.29, 0.717) is 44.5 Å². The molecule has 0 fully saturated rings. The SMILES string of the molecule is CCC(=O)Oc1c2ccccc2c(OC(=O)CC)c2c(Oc3ccccc3)cccc12. The van der Waals surface area contributed by atoms with Crippen LogP contribution >= 0.6 is 0 Å². The van der Waals surface area contributed by atoms with E-state index >= 15 is 0 Å². The second-order valence-corrected chi connectivity index (χ2v) is 6.95. The summed E-state index contributed by atoms with van der Waals surface area (Å²) in [5.74, 6) is 1.25. The molecule has 0 saturated carbocycles. The molecule has 4 aromatic carbocycles. The van der Waals surface area contributed by atoms with E-state index in [2.05, 4.69) is 0 Å². The highest BCUT2D eigenvalue weighted by Gasteiger charge is 2.22. The fourth-order valence-corrected chi connectivity index (χ4v) is 3.40. The quantitative estimate of drug-likeness (QED) is 0.207. The molecule has 0 unspecified atom stereocenters. The van der Waals surface area contributed by atoms with Gasteiger partial charge in [0.1, 0.15) is 17.2 Å². The van der Waals surface area contributed by atoms with E-state index < -0.39 is 0 Å². The van der Waals surface area contributed by atoms with Gasteiger partial charge in [0, 0.05) is 29.0 Å². The Morgan fingerprint density at radius 3 is 1.84 bits per heavy atom. The maximum absolute atomic E-state index is 12.3. The Labute approximate surface area is 180 Å². The zero-order valence-electron chi connectivity index (χ0n) is 17.4. The van der Waals surface area contributed by atoms with Gasteiger partial charge in [-0.05, 0) is 18.2 Å². The van der Waals surface area contributed by atoms with Crippen LogP contribution in [-0.2, 0) is 9.59 Å². The van der Waals surface area contributed by atoms with Crippen LogP contribution in [0, 0.1) is 0 Å². The molecule has 0 bridgehead atoms. The van der Waals surface area contributed by atoms with Crippen LogP contribution in [0.5, 0.6) is 23.0 Å². The summed E-state index contributed by atoms with van der Waals surface area (Å²) in [5.41, 5.74) is 0. The smallest absolute Gasteiger partial charge is 0.310 e. The van der Waals surface area contributed by atoms with E-state index in [1.165, 1.54) is 0 Å². The molecule has 5 heteroatoms. The number of para-hydroxylation sites is 1. The minimum atomic E-state index is -0.362. The van der Waals surface area contributed by atoms with E-state index in [1.54, 1.807) is 19.9 Å². The second kappa shape index (κ2) is 8.88. The van der Waals surface area contributed by atoms with Crippen LogP contribution in [0.25, 0.3) is 21.5 Å². The van der Waals surface area contributed by atoms with E-state index in [9.17, 15) is 9.59 Å². The van der Waals surface area contributed by atoms with Crippen LogP contribution in [0.1, 0.15) is 26.7 Å². The second-order valence-electron chi connectivity index (χ2n) is 6.95. The van der Waals surface area contributed by atoms with Crippen molar-refractivity contribution < 1.29 is 23.8 Å². The summed E-state index contributed by atoms with van der Waals surface area (Å²) in [6.45, 7) is 3.49. The number of hydrogen-bond donors (Lipinski definition) is 0. The van der Waals surface area contributed by atoms with E-state index in [1.807, 2.05) is 66.7 Å². The lowest BCUT2D eigenvalue weighted by Gasteiger charge is -2.18. The topological polar surface area (TPSA) is 61.8 Å². The molecule has 0 heterocycles. The molecular weight excluding hydrogens is 392 g/mol. The maximum Gasteiger partial charge on any atom is 0.310 e. The normalized spacial score (nSPS) is 10.8. The minimum Gasteiger partial charge on any atom is -0.457 e. The lowest BCUT2D eigenvalue weighted by molar-refractivity contribution is -0.134. The average Bonchev–Trinajstić information content (AvgIpc) is 2.81. The van der Waals surface area contributed by atoms with Gasteiger partial charge in [0.05, 0.1) is 5.39 Å². The van der Waals surface area contributed by atoms with Crippen LogP contribution < -0.4 is 14.2 Å². The minimum absolute atomic E-state index is 0.226. The van der Waals surface area contributed by atoms with Gasteiger partial charge < -0.3 is 14.2 Å². The summed E-state index contributed by atoms with van der Waals surface area (Å²) in [6.07, 6.45) is 0.465. The number of carbonyl (C=O) groups is 2. The Morgan fingerprint density at radius 1 is 0.645 bits per heavy atom. The zero-order valence-corrected chi connectivity index (χ0v) is 17.4. The Kier molecular flexibility index (Phi) is 5.85. The third-order valence-corrected chi connectivity index (χ3v) is 4.89. The molecule has 0 radical (unpaired) electrons. The van der Waals surface area contributed by atoms with Crippen LogP contribution in [0.3, 0.4) is 0 Å². The summed E-state index contributed by atoms with van der Waals surface area (Å²) in [6, 6.07) is 22.2. The van der Waals surface area contributed by atoms with Crippen LogP contribution in [0.15, 0.2) is 72.8 Å². The molecule has 0 amide bonds. The van der Waals surface area contributed by atoms with Gasteiger partial charge in [-0.25, -0.2) is 0 Å². The first kappa shape index (κ1) is 20.4. The first-order chi connectivity index (χ1) is 15.1. The number of hydrogen-bond acceptors (Lipinski definition) is 5. The first-order valence-corrected chi connectivity index (χ1v) is 10.2. The predicted molar refractivity (Wildman–Crippen MR) is 120 cm³/mol. The number of ether oxygens (including phenoxy) is 3. The van der Waals surface area contributed by atoms with E-state index in [0.717, 1.165) is 0 Å². The van der Waals surface area contributed by atoms with Crippen molar-refractivity contribution in [1.82, 2.24) is 0 Å².